The number of benzene rings is 2. The Hall–Kier alpha value is -2.03. The van der Waals surface area contributed by atoms with Crippen LogP contribution in [-0.2, 0) is 6.54 Å². The molecule has 0 fully saturated rings. The zero-order chi connectivity index (χ0) is 12.1. The molecule has 2 aromatic carbocycles. The summed E-state index contributed by atoms with van der Waals surface area (Å²) in [5.41, 5.74) is 1.11. The molecular weight excluding hydrogens is 212 g/mol. The van der Waals surface area contributed by atoms with E-state index in [1.807, 2.05) is 25.1 Å². The first-order valence-corrected chi connectivity index (χ1v) is 5.79. The highest BCUT2D eigenvalue weighted by Gasteiger charge is 1.99. The minimum absolute atomic E-state index is 0.124. The van der Waals surface area contributed by atoms with Gasteiger partial charge in [-0.25, -0.2) is 4.79 Å². The number of hydrogen-bond acceptors (Lipinski definition) is 1. The minimum Gasteiger partial charge on any atom is -0.338 e. The first-order valence-electron chi connectivity index (χ1n) is 5.79. The number of carbonyl (C=O) groups excluding carboxylic acids is 1. The van der Waals surface area contributed by atoms with Gasteiger partial charge >= 0.3 is 6.03 Å². The Kier molecular flexibility index (Phi) is 3.60. The fraction of sp³-hybridized carbons (Fsp3) is 0.214. The smallest absolute Gasteiger partial charge is 0.315 e. The van der Waals surface area contributed by atoms with Gasteiger partial charge in [0.05, 0.1) is 0 Å². The Morgan fingerprint density at radius 3 is 2.59 bits per heavy atom. The molecule has 3 nitrogen and oxygen atoms in total. The molecule has 0 saturated heterocycles. The summed E-state index contributed by atoms with van der Waals surface area (Å²) in [6.07, 6.45) is 0. The topological polar surface area (TPSA) is 41.1 Å². The molecule has 0 aliphatic carbocycles. The van der Waals surface area contributed by atoms with Crippen molar-refractivity contribution in [3.63, 3.8) is 0 Å². The lowest BCUT2D eigenvalue weighted by Crippen LogP contribution is -2.34. The highest BCUT2D eigenvalue weighted by atomic mass is 16.2. The van der Waals surface area contributed by atoms with Gasteiger partial charge in [-0.2, -0.15) is 0 Å². The second-order valence-electron chi connectivity index (χ2n) is 3.89. The van der Waals surface area contributed by atoms with Crippen LogP contribution in [0.3, 0.4) is 0 Å². The molecular formula is C14H16N2O. The molecule has 0 saturated carbocycles. The molecule has 0 aliphatic heterocycles. The average Bonchev–Trinajstić information content (AvgIpc) is 2.36. The van der Waals surface area contributed by atoms with Gasteiger partial charge in [0.1, 0.15) is 0 Å². The molecule has 3 heteroatoms. The lowest BCUT2D eigenvalue weighted by molar-refractivity contribution is 0.241. The fourth-order valence-electron chi connectivity index (χ4n) is 1.75. The van der Waals surface area contributed by atoms with E-state index < -0.39 is 0 Å². The molecule has 0 atom stereocenters. The third kappa shape index (κ3) is 2.97. The van der Waals surface area contributed by atoms with E-state index in [4.69, 9.17) is 0 Å². The van der Waals surface area contributed by atoms with E-state index in [0.717, 1.165) is 5.56 Å². The zero-order valence-corrected chi connectivity index (χ0v) is 9.86. The Morgan fingerprint density at radius 2 is 1.82 bits per heavy atom. The van der Waals surface area contributed by atoms with E-state index in [1.165, 1.54) is 10.8 Å². The number of rotatable bonds is 3. The van der Waals surface area contributed by atoms with Gasteiger partial charge in [-0.3, -0.25) is 0 Å². The van der Waals surface area contributed by atoms with Crippen molar-refractivity contribution in [1.29, 1.82) is 0 Å². The molecule has 88 valence electrons. The van der Waals surface area contributed by atoms with Gasteiger partial charge < -0.3 is 10.6 Å². The van der Waals surface area contributed by atoms with Crippen molar-refractivity contribution in [3.8, 4) is 0 Å². The highest BCUT2D eigenvalue weighted by molar-refractivity contribution is 5.83. The quantitative estimate of drug-likeness (QED) is 0.833. The van der Waals surface area contributed by atoms with E-state index in [9.17, 15) is 4.79 Å². The summed E-state index contributed by atoms with van der Waals surface area (Å²) >= 11 is 0. The average molecular weight is 228 g/mol. The molecule has 2 N–H and O–H groups in total. The predicted molar refractivity (Wildman–Crippen MR) is 69.9 cm³/mol. The second-order valence-corrected chi connectivity index (χ2v) is 3.89. The van der Waals surface area contributed by atoms with Gasteiger partial charge in [0, 0.05) is 13.1 Å². The molecule has 0 bridgehead atoms. The van der Waals surface area contributed by atoms with Gasteiger partial charge in [0.2, 0.25) is 0 Å². The van der Waals surface area contributed by atoms with Crippen LogP contribution in [0.5, 0.6) is 0 Å². The summed E-state index contributed by atoms with van der Waals surface area (Å²) in [5, 5.41) is 7.93. The minimum atomic E-state index is -0.124. The van der Waals surface area contributed by atoms with Gasteiger partial charge in [-0.15, -0.1) is 0 Å². The van der Waals surface area contributed by atoms with Crippen molar-refractivity contribution >= 4 is 16.8 Å². The Labute approximate surface area is 101 Å². The molecule has 2 aromatic rings. The molecule has 0 aromatic heterocycles. The first-order chi connectivity index (χ1) is 8.29. The second kappa shape index (κ2) is 5.34. The molecule has 2 rings (SSSR count). The fourth-order valence-corrected chi connectivity index (χ4v) is 1.75. The van der Waals surface area contributed by atoms with Crippen molar-refractivity contribution in [2.45, 2.75) is 13.5 Å². The SMILES string of the molecule is CCNC(=O)NCc1ccc2ccccc2c1. The standard InChI is InChI=1S/C14H16N2O/c1-2-15-14(17)16-10-11-7-8-12-5-3-4-6-13(12)9-11/h3-9H,2,10H2,1H3,(H2,15,16,17). The lowest BCUT2D eigenvalue weighted by Gasteiger charge is -2.06. The van der Waals surface area contributed by atoms with Gasteiger partial charge in [0.25, 0.3) is 0 Å². The number of nitrogens with one attached hydrogen (secondary N) is 2. The normalized spacial score (nSPS) is 10.2. The van der Waals surface area contributed by atoms with E-state index in [-0.39, 0.29) is 6.03 Å². The summed E-state index contributed by atoms with van der Waals surface area (Å²) in [5.74, 6) is 0. The summed E-state index contributed by atoms with van der Waals surface area (Å²) in [6, 6.07) is 14.3. The van der Waals surface area contributed by atoms with Crippen molar-refractivity contribution in [2.24, 2.45) is 0 Å². The third-order valence-electron chi connectivity index (χ3n) is 2.60. The van der Waals surface area contributed by atoms with Crippen LogP contribution in [0, 0.1) is 0 Å². The molecule has 17 heavy (non-hydrogen) atoms. The van der Waals surface area contributed by atoms with E-state index >= 15 is 0 Å². The summed E-state index contributed by atoms with van der Waals surface area (Å²) in [4.78, 5) is 11.3. The van der Waals surface area contributed by atoms with Crippen LogP contribution in [0.1, 0.15) is 12.5 Å². The number of fused-ring (bicyclic) bond motifs is 1. The van der Waals surface area contributed by atoms with Crippen molar-refractivity contribution < 1.29 is 4.79 Å². The van der Waals surface area contributed by atoms with Crippen LogP contribution < -0.4 is 10.6 Å². The van der Waals surface area contributed by atoms with Gasteiger partial charge in [0.15, 0.2) is 0 Å². The van der Waals surface area contributed by atoms with Crippen LogP contribution in [0.4, 0.5) is 4.79 Å². The van der Waals surface area contributed by atoms with Gasteiger partial charge in [-0.1, -0.05) is 36.4 Å². The van der Waals surface area contributed by atoms with Crippen molar-refractivity contribution in [1.82, 2.24) is 10.6 Å². The molecule has 2 amide bonds. The van der Waals surface area contributed by atoms with Crippen LogP contribution in [0.25, 0.3) is 10.8 Å². The zero-order valence-electron chi connectivity index (χ0n) is 9.86. The predicted octanol–water partition coefficient (Wildman–Crippen LogP) is 2.66. The van der Waals surface area contributed by atoms with Crippen LogP contribution in [-0.4, -0.2) is 12.6 Å². The maximum atomic E-state index is 11.3. The summed E-state index contributed by atoms with van der Waals surface area (Å²) in [7, 11) is 0. The molecule has 0 spiro atoms. The monoisotopic (exact) mass is 228 g/mol. The number of hydrogen-bond donors (Lipinski definition) is 2. The highest BCUT2D eigenvalue weighted by Crippen LogP contribution is 2.15. The van der Waals surface area contributed by atoms with E-state index in [2.05, 4.69) is 34.9 Å². The Morgan fingerprint density at radius 1 is 1.06 bits per heavy atom. The largest absolute Gasteiger partial charge is 0.338 e. The van der Waals surface area contributed by atoms with Crippen LogP contribution >= 0.6 is 0 Å². The van der Waals surface area contributed by atoms with Crippen molar-refractivity contribution in [3.05, 3.63) is 48.0 Å². The number of carbonyl (C=O) groups is 1. The van der Waals surface area contributed by atoms with Gasteiger partial charge in [-0.05, 0) is 29.3 Å². The van der Waals surface area contributed by atoms with Crippen LogP contribution in [0.15, 0.2) is 42.5 Å². The summed E-state index contributed by atoms with van der Waals surface area (Å²) in [6.45, 7) is 3.09. The molecule has 0 unspecified atom stereocenters. The molecule has 0 aliphatic rings. The lowest BCUT2D eigenvalue weighted by atomic mass is 10.1. The number of amides is 2. The third-order valence-corrected chi connectivity index (χ3v) is 2.60. The first kappa shape index (κ1) is 11.5. The maximum Gasteiger partial charge on any atom is 0.315 e. The van der Waals surface area contributed by atoms with Crippen LogP contribution in [0.2, 0.25) is 0 Å². The summed E-state index contributed by atoms with van der Waals surface area (Å²) < 4.78 is 0. The molecule has 0 radical (unpaired) electrons. The van der Waals surface area contributed by atoms with Crippen molar-refractivity contribution in [2.75, 3.05) is 6.54 Å². The molecule has 0 heterocycles. The Bertz CT molecular complexity index is 522. The Balaban J connectivity index is 2.06. The maximum absolute atomic E-state index is 11.3. The number of urea groups is 1. The van der Waals surface area contributed by atoms with E-state index in [0.29, 0.717) is 13.1 Å². The van der Waals surface area contributed by atoms with E-state index in [1.54, 1.807) is 0 Å².